The maximum absolute atomic E-state index is 9.17. The van der Waals surface area contributed by atoms with Crippen LogP contribution in [-0.2, 0) is 12.8 Å². The number of hydrogen-bond acceptors (Lipinski definition) is 9. The Morgan fingerprint density at radius 3 is 1.94 bits per heavy atom. The molecule has 0 saturated carbocycles. The lowest BCUT2D eigenvalue weighted by molar-refractivity contribution is 0.196. The highest BCUT2D eigenvalue weighted by Crippen LogP contribution is 2.10. The van der Waals surface area contributed by atoms with Gasteiger partial charge in [0.15, 0.2) is 11.9 Å². The number of hydrogen-bond donors (Lipinski definition) is 3. The van der Waals surface area contributed by atoms with Crippen LogP contribution >= 0.6 is 0 Å². The Bertz CT molecular complexity index is 858. The molecule has 4 rings (SSSR count). The molecule has 31 heavy (non-hydrogen) atoms. The van der Waals surface area contributed by atoms with Gasteiger partial charge in [-0.3, -0.25) is 20.0 Å². The number of aromatic nitrogens is 2. The minimum atomic E-state index is 0.0386. The van der Waals surface area contributed by atoms with Gasteiger partial charge in [-0.1, -0.05) is 12.1 Å². The summed E-state index contributed by atoms with van der Waals surface area (Å²) in [7, 11) is 0. The molecular formula is C22H32N8O. The molecule has 2 aliphatic rings. The summed E-state index contributed by atoms with van der Waals surface area (Å²) in [5, 5.41) is 9.17. The van der Waals surface area contributed by atoms with E-state index in [2.05, 4.69) is 37.8 Å². The topological polar surface area (TPSA) is 129 Å². The highest BCUT2D eigenvalue weighted by Gasteiger charge is 2.24. The fourth-order valence-electron chi connectivity index (χ4n) is 3.60. The Kier molecular flexibility index (Phi) is 8.17. The first kappa shape index (κ1) is 22.5. The molecule has 2 aromatic rings. The zero-order chi connectivity index (χ0) is 22.1. The zero-order valence-electron chi connectivity index (χ0n) is 18.0. The van der Waals surface area contributed by atoms with Gasteiger partial charge in [0.1, 0.15) is 0 Å². The molecule has 0 spiro atoms. The largest absolute Gasteiger partial charge is 0.394 e. The van der Waals surface area contributed by atoms with Gasteiger partial charge in [-0.05, 0) is 43.0 Å². The normalized spacial score (nSPS) is 20.2. The fourth-order valence-corrected chi connectivity index (χ4v) is 3.60. The van der Waals surface area contributed by atoms with E-state index in [9.17, 15) is 0 Å². The molecule has 0 radical (unpaired) electrons. The first-order chi connectivity index (χ1) is 15.1. The van der Waals surface area contributed by atoms with Gasteiger partial charge in [-0.2, -0.15) is 0 Å². The average molecular weight is 425 g/mol. The van der Waals surface area contributed by atoms with Gasteiger partial charge in [0.25, 0.3) is 0 Å². The average Bonchev–Trinajstić information content (AvgIpc) is 3.33. The third kappa shape index (κ3) is 6.39. The first-order valence-electron chi connectivity index (χ1n) is 10.6. The van der Waals surface area contributed by atoms with Gasteiger partial charge in [-0.15, -0.1) is 0 Å². The number of aliphatic hydroxyl groups is 1. The van der Waals surface area contributed by atoms with Gasteiger partial charge in [0.05, 0.1) is 25.7 Å². The summed E-state index contributed by atoms with van der Waals surface area (Å²) in [5.74, 6) is 1.20. The van der Waals surface area contributed by atoms with Gasteiger partial charge in [-0.25, -0.2) is 0 Å². The van der Waals surface area contributed by atoms with E-state index in [0.717, 1.165) is 32.5 Å². The monoisotopic (exact) mass is 424 g/mol. The number of aliphatic imine (C=N–C) groups is 2. The number of guanidine groups is 2. The third-order valence-electron chi connectivity index (χ3n) is 5.48. The van der Waals surface area contributed by atoms with Crippen LogP contribution in [0.5, 0.6) is 0 Å². The van der Waals surface area contributed by atoms with Crippen LogP contribution in [0, 0.1) is 0 Å². The van der Waals surface area contributed by atoms with Crippen molar-refractivity contribution in [3.05, 3.63) is 60.2 Å². The van der Waals surface area contributed by atoms with Crippen LogP contribution < -0.4 is 11.5 Å². The Labute approximate surface area is 183 Å². The summed E-state index contributed by atoms with van der Waals surface area (Å²) in [6.07, 6.45) is 9.11. The summed E-state index contributed by atoms with van der Waals surface area (Å²) < 4.78 is 0. The summed E-state index contributed by atoms with van der Waals surface area (Å²) in [6.45, 7) is 5.34. The highest BCUT2D eigenvalue weighted by atomic mass is 16.3. The molecule has 0 saturated heterocycles. The molecule has 5 N–H and O–H groups in total. The van der Waals surface area contributed by atoms with Gasteiger partial charge in [0, 0.05) is 43.9 Å². The van der Waals surface area contributed by atoms with E-state index in [0.29, 0.717) is 24.5 Å². The molecular weight excluding hydrogens is 392 g/mol. The molecule has 4 heterocycles. The smallest absolute Gasteiger partial charge is 0.191 e. The predicted molar refractivity (Wildman–Crippen MR) is 123 cm³/mol. The van der Waals surface area contributed by atoms with E-state index in [4.69, 9.17) is 16.6 Å². The molecule has 0 unspecified atom stereocenters. The van der Waals surface area contributed by atoms with E-state index in [1.807, 2.05) is 35.5 Å². The maximum atomic E-state index is 9.17. The molecule has 9 nitrogen and oxygen atoms in total. The number of nitrogens with zero attached hydrogens (tertiary/aromatic N) is 6. The summed E-state index contributed by atoms with van der Waals surface area (Å²) >= 11 is 0. The van der Waals surface area contributed by atoms with Crippen molar-refractivity contribution in [2.45, 2.75) is 31.8 Å². The number of rotatable bonds is 7. The summed E-state index contributed by atoms with van der Waals surface area (Å²) in [4.78, 5) is 20.6. The van der Waals surface area contributed by atoms with Crippen molar-refractivity contribution >= 4 is 11.9 Å². The van der Waals surface area contributed by atoms with Crippen LogP contribution in [0.1, 0.15) is 18.1 Å². The Balaban J connectivity index is 0.000000176. The number of pyridine rings is 2. The van der Waals surface area contributed by atoms with Crippen molar-refractivity contribution in [3.63, 3.8) is 0 Å². The molecule has 2 aromatic heterocycles. The minimum Gasteiger partial charge on any atom is -0.394 e. The number of aliphatic hydroxyl groups excluding tert-OH is 1. The quantitative estimate of drug-likeness (QED) is 0.581. The molecule has 2 aliphatic heterocycles. The van der Waals surface area contributed by atoms with Crippen LogP contribution in [0.2, 0.25) is 0 Å². The van der Waals surface area contributed by atoms with Crippen LogP contribution in [0.25, 0.3) is 0 Å². The first-order valence-corrected chi connectivity index (χ1v) is 10.6. The zero-order valence-corrected chi connectivity index (χ0v) is 18.0. The second-order valence-corrected chi connectivity index (χ2v) is 7.69. The van der Waals surface area contributed by atoms with E-state index in [1.54, 1.807) is 12.4 Å². The standard InChI is InChI=1S/C11H16N4O.C11H16N4/c12-11-14-7-10(8-16)15(11)5-3-9-2-1-4-13-6-9;1-9-7-14-11(12)15(9)6-4-10-3-2-5-13-8-10/h1-2,4,6,10,16H,3,5,7-8H2,(H2,12,14);2-3,5,8-9H,4,6-7H2,1H3,(H2,12,14)/t10-;9-/m10/s1. The second kappa shape index (κ2) is 11.3. The summed E-state index contributed by atoms with van der Waals surface area (Å²) in [6, 6.07) is 8.46. The molecule has 0 bridgehead atoms. The molecule has 0 fully saturated rings. The Hall–Kier alpha value is -3.20. The van der Waals surface area contributed by atoms with Crippen molar-refractivity contribution < 1.29 is 5.11 Å². The van der Waals surface area contributed by atoms with Crippen LogP contribution in [-0.4, -0.2) is 81.7 Å². The Morgan fingerprint density at radius 1 is 0.903 bits per heavy atom. The van der Waals surface area contributed by atoms with Gasteiger partial charge >= 0.3 is 0 Å². The molecule has 9 heteroatoms. The van der Waals surface area contributed by atoms with Gasteiger partial charge < -0.3 is 26.4 Å². The third-order valence-corrected chi connectivity index (χ3v) is 5.48. The van der Waals surface area contributed by atoms with Crippen molar-refractivity contribution in [2.75, 3.05) is 32.8 Å². The van der Waals surface area contributed by atoms with E-state index in [1.165, 1.54) is 11.1 Å². The number of nitrogens with two attached hydrogens (primary N) is 2. The minimum absolute atomic E-state index is 0.0386. The SMILES string of the molecule is C[C@H]1CN=C(N)N1CCc1cccnc1.NC1=NC[C@H](CO)N1CCc1cccnc1. The van der Waals surface area contributed by atoms with E-state index < -0.39 is 0 Å². The summed E-state index contributed by atoms with van der Waals surface area (Å²) in [5.41, 5.74) is 14.0. The molecule has 0 aliphatic carbocycles. The molecule has 2 atom stereocenters. The maximum Gasteiger partial charge on any atom is 0.191 e. The van der Waals surface area contributed by atoms with Crippen LogP contribution in [0.3, 0.4) is 0 Å². The lowest BCUT2D eigenvalue weighted by Crippen LogP contribution is -2.43. The van der Waals surface area contributed by atoms with Gasteiger partial charge in [0.2, 0.25) is 0 Å². The highest BCUT2D eigenvalue weighted by molar-refractivity contribution is 5.80. The second-order valence-electron chi connectivity index (χ2n) is 7.69. The fraction of sp³-hybridized carbons (Fsp3) is 0.455. The van der Waals surface area contributed by atoms with E-state index >= 15 is 0 Å². The van der Waals surface area contributed by atoms with Crippen molar-refractivity contribution in [1.82, 2.24) is 19.8 Å². The molecule has 166 valence electrons. The molecule has 0 aromatic carbocycles. The van der Waals surface area contributed by atoms with Crippen LogP contribution in [0.15, 0.2) is 59.0 Å². The lowest BCUT2D eigenvalue weighted by Gasteiger charge is -2.24. The van der Waals surface area contributed by atoms with Crippen LogP contribution in [0.4, 0.5) is 0 Å². The Morgan fingerprint density at radius 2 is 1.45 bits per heavy atom. The van der Waals surface area contributed by atoms with Crippen molar-refractivity contribution in [1.29, 1.82) is 0 Å². The predicted octanol–water partition coefficient (Wildman–Crippen LogP) is 0.258. The lowest BCUT2D eigenvalue weighted by atomic mass is 10.2. The molecule has 0 amide bonds. The van der Waals surface area contributed by atoms with Crippen molar-refractivity contribution in [2.24, 2.45) is 21.5 Å². The van der Waals surface area contributed by atoms with E-state index in [-0.39, 0.29) is 12.6 Å². The van der Waals surface area contributed by atoms with Crippen molar-refractivity contribution in [3.8, 4) is 0 Å².